The molecule has 0 unspecified atom stereocenters. The molecule has 1 N–H and O–H groups in total. The van der Waals surface area contributed by atoms with Gasteiger partial charge in [0.1, 0.15) is 11.6 Å². The molecule has 0 saturated carbocycles. The second-order valence-corrected chi connectivity index (χ2v) is 6.05. The molecule has 0 spiro atoms. The normalized spacial score (nSPS) is 16.8. The summed E-state index contributed by atoms with van der Waals surface area (Å²) in [6.45, 7) is 2.04. The summed E-state index contributed by atoms with van der Waals surface area (Å²) in [5.41, 5.74) is 1.94. The Morgan fingerprint density at radius 2 is 1.96 bits per heavy atom. The van der Waals surface area contributed by atoms with Gasteiger partial charge in [-0.15, -0.1) is 0 Å². The quantitative estimate of drug-likeness (QED) is 0.929. The van der Waals surface area contributed by atoms with Crippen molar-refractivity contribution in [1.29, 1.82) is 0 Å². The number of nitrogens with one attached hydrogen (secondary N) is 1. The SMILES string of the molecule is COc1ccc(N2C[C@H](C(=O)Nc3ccc(F)cc3C)CC2=O)cc1. The average molecular weight is 342 g/mol. The molecule has 2 aromatic carbocycles. The number of halogens is 1. The zero-order chi connectivity index (χ0) is 18.0. The molecular formula is C19H19FN2O3. The summed E-state index contributed by atoms with van der Waals surface area (Å²) in [7, 11) is 1.58. The van der Waals surface area contributed by atoms with Crippen molar-refractivity contribution in [2.24, 2.45) is 5.92 Å². The van der Waals surface area contributed by atoms with E-state index in [9.17, 15) is 14.0 Å². The number of carbonyl (C=O) groups excluding carboxylic acids is 2. The summed E-state index contributed by atoms with van der Waals surface area (Å²) in [6, 6.07) is 11.3. The Labute approximate surface area is 145 Å². The van der Waals surface area contributed by atoms with Crippen LogP contribution in [0.25, 0.3) is 0 Å². The molecule has 1 saturated heterocycles. The van der Waals surface area contributed by atoms with Crippen LogP contribution < -0.4 is 15.0 Å². The van der Waals surface area contributed by atoms with Crippen LogP contribution in [0, 0.1) is 18.7 Å². The molecule has 1 aliphatic heterocycles. The molecule has 1 heterocycles. The Hall–Kier alpha value is -2.89. The smallest absolute Gasteiger partial charge is 0.229 e. The van der Waals surface area contributed by atoms with E-state index in [2.05, 4.69) is 5.32 Å². The topological polar surface area (TPSA) is 58.6 Å². The molecule has 0 aliphatic carbocycles. The highest BCUT2D eigenvalue weighted by molar-refractivity contribution is 6.03. The van der Waals surface area contributed by atoms with Gasteiger partial charge >= 0.3 is 0 Å². The van der Waals surface area contributed by atoms with E-state index in [4.69, 9.17) is 4.74 Å². The van der Waals surface area contributed by atoms with E-state index in [0.717, 1.165) is 5.69 Å². The standard InChI is InChI=1S/C19H19FN2O3/c1-12-9-14(20)3-8-17(12)21-19(24)13-10-18(23)22(11-13)15-4-6-16(25-2)7-5-15/h3-9,13H,10-11H2,1-2H3,(H,21,24)/t13-/m1/s1. The highest BCUT2D eigenvalue weighted by atomic mass is 19.1. The van der Waals surface area contributed by atoms with Crippen molar-refractivity contribution in [3.05, 3.63) is 53.8 Å². The molecule has 1 atom stereocenters. The molecule has 0 bridgehead atoms. The van der Waals surface area contributed by atoms with Crippen LogP contribution in [-0.2, 0) is 9.59 Å². The maximum absolute atomic E-state index is 13.2. The number of benzene rings is 2. The molecule has 2 amide bonds. The summed E-state index contributed by atoms with van der Waals surface area (Å²) in [6.07, 6.45) is 0.151. The van der Waals surface area contributed by atoms with E-state index in [-0.39, 0.29) is 24.1 Å². The maximum Gasteiger partial charge on any atom is 0.229 e. The fourth-order valence-corrected chi connectivity index (χ4v) is 2.90. The lowest BCUT2D eigenvalue weighted by Crippen LogP contribution is -2.28. The fourth-order valence-electron chi connectivity index (χ4n) is 2.90. The maximum atomic E-state index is 13.2. The van der Waals surface area contributed by atoms with Gasteiger partial charge in [0, 0.05) is 24.3 Å². The largest absolute Gasteiger partial charge is 0.497 e. The lowest BCUT2D eigenvalue weighted by Gasteiger charge is -2.17. The van der Waals surface area contributed by atoms with Gasteiger partial charge in [0.15, 0.2) is 0 Å². The van der Waals surface area contributed by atoms with Crippen molar-refractivity contribution in [1.82, 2.24) is 0 Å². The van der Waals surface area contributed by atoms with Crippen molar-refractivity contribution >= 4 is 23.2 Å². The molecular weight excluding hydrogens is 323 g/mol. The van der Waals surface area contributed by atoms with Crippen molar-refractivity contribution in [3.63, 3.8) is 0 Å². The number of amides is 2. The first-order valence-electron chi connectivity index (χ1n) is 7.99. The van der Waals surface area contributed by atoms with Crippen molar-refractivity contribution in [2.75, 3.05) is 23.9 Å². The van der Waals surface area contributed by atoms with E-state index >= 15 is 0 Å². The molecule has 2 aromatic rings. The lowest BCUT2D eigenvalue weighted by atomic mass is 10.1. The second kappa shape index (κ2) is 6.93. The number of anilines is 2. The third-order valence-electron chi connectivity index (χ3n) is 4.33. The number of hydrogen-bond donors (Lipinski definition) is 1. The van der Waals surface area contributed by atoms with Gasteiger partial charge in [0.2, 0.25) is 11.8 Å². The van der Waals surface area contributed by atoms with Crippen LogP contribution in [0.3, 0.4) is 0 Å². The van der Waals surface area contributed by atoms with Gasteiger partial charge in [-0.3, -0.25) is 9.59 Å². The van der Waals surface area contributed by atoms with Gasteiger partial charge in [-0.25, -0.2) is 4.39 Å². The van der Waals surface area contributed by atoms with Crippen LogP contribution in [0.15, 0.2) is 42.5 Å². The molecule has 130 valence electrons. The zero-order valence-electron chi connectivity index (χ0n) is 14.1. The molecule has 5 nitrogen and oxygen atoms in total. The van der Waals surface area contributed by atoms with Crippen LogP contribution in [0.4, 0.5) is 15.8 Å². The zero-order valence-corrected chi connectivity index (χ0v) is 14.1. The van der Waals surface area contributed by atoms with E-state index in [1.807, 2.05) is 0 Å². The monoisotopic (exact) mass is 342 g/mol. The molecule has 1 fully saturated rings. The Bertz CT molecular complexity index is 805. The molecule has 0 aromatic heterocycles. The van der Waals surface area contributed by atoms with Gasteiger partial charge in [-0.05, 0) is 55.0 Å². The first-order valence-corrected chi connectivity index (χ1v) is 7.99. The first kappa shape index (κ1) is 17.0. The van der Waals surface area contributed by atoms with Crippen LogP contribution in [0.5, 0.6) is 5.75 Å². The van der Waals surface area contributed by atoms with Gasteiger partial charge in [0.25, 0.3) is 0 Å². The minimum absolute atomic E-state index is 0.0962. The number of rotatable bonds is 4. The van der Waals surface area contributed by atoms with Crippen LogP contribution in [0.2, 0.25) is 0 Å². The van der Waals surface area contributed by atoms with E-state index in [1.54, 1.807) is 43.2 Å². The van der Waals surface area contributed by atoms with E-state index < -0.39 is 5.92 Å². The summed E-state index contributed by atoms with van der Waals surface area (Å²) in [5, 5.41) is 2.79. The third-order valence-corrected chi connectivity index (χ3v) is 4.33. The summed E-state index contributed by atoms with van der Waals surface area (Å²) < 4.78 is 18.3. The van der Waals surface area contributed by atoms with Crippen LogP contribution in [-0.4, -0.2) is 25.5 Å². The molecule has 0 radical (unpaired) electrons. The average Bonchev–Trinajstić information content (AvgIpc) is 2.99. The van der Waals surface area contributed by atoms with Crippen molar-refractivity contribution in [2.45, 2.75) is 13.3 Å². The van der Waals surface area contributed by atoms with E-state index in [0.29, 0.717) is 23.5 Å². The summed E-state index contributed by atoms with van der Waals surface area (Å²) in [4.78, 5) is 26.3. The fraction of sp³-hybridized carbons (Fsp3) is 0.263. The van der Waals surface area contributed by atoms with Crippen molar-refractivity contribution in [3.8, 4) is 5.75 Å². The first-order chi connectivity index (χ1) is 12.0. The van der Waals surface area contributed by atoms with E-state index in [1.165, 1.54) is 18.2 Å². The summed E-state index contributed by atoms with van der Waals surface area (Å²) in [5.74, 6) is -0.423. The Balaban J connectivity index is 1.69. The van der Waals surface area contributed by atoms with Crippen LogP contribution >= 0.6 is 0 Å². The predicted octanol–water partition coefficient (Wildman–Crippen LogP) is 3.13. The minimum atomic E-state index is -0.445. The number of nitrogens with zero attached hydrogens (tertiary/aromatic N) is 1. The number of carbonyl (C=O) groups is 2. The number of aryl methyl sites for hydroxylation is 1. The number of methoxy groups -OCH3 is 1. The van der Waals surface area contributed by atoms with Gasteiger partial charge in [-0.2, -0.15) is 0 Å². The van der Waals surface area contributed by atoms with Crippen LogP contribution in [0.1, 0.15) is 12.0 Å². The molecule has 6 heteroatoms. The Morgan fingerprint density at radius 1 is 1.24 bits per heavy atom. The lowest BCUT2D eigenvalue weighted by molar-refractivity contribution is -0.122. The van der Waals surface area contributed by atoms with Gasteiger partial charge < -0.3 is 15.0 Å². The Morgan fingerprint density at radius 3 is 2.60 bits per heavy atom. The molecule has 1 aliphatic rings. The van der Waals surface area contributed by atoms with Gasteiger partial charge in [-0.1, -0.05) is 0 Å². The number of hydrogen-bond acceptors (Lipinski definition) is 3. The minimum Gasteiger partial charge on any atom is -0.497 e. The molecule has 25 heavy (non-hydrogen) atoms. The highest BCUT2D eigenvalue weighted by Crippen LogP contribution is 2.28. The third kappa shape index (κ3) is 3.63. The predicted molar refractivity (Wildman–Crippen MR) is 93.2 cm³/mol. The Kier molecular flexibility index (Phi) is 4.70. The second-order valence-electron chi connectivity index (χ2n) is 6.05. The van der Waals surface area contributed by atoms with Crippen molar-refractivity contribution < 1.29 is 18.7 Å². The number of ether oxygens (including phenoxy) is 1. The molecule has 3 rings (SSSR count). The van der Waals surface area contributed by atoms with Gasteiger partial charge in [0.05, 0.1) is 13.0 Å². The summed E-state index contributed by atoms with van der Waals surface area (Å²) >= 11 is 0. The highest BCUT2D eigenvalue weighted by Gasteiger charge is 2.35.